The zero-order valence-corrected chi connectivity index (χ0v) is 11.4. The van der Waals surface area contributed by atoms with Gasteiger partial charge in [-0.15, -0.1) is 0 Å². The monoisotopic (exact) mass is 273 g/mol. The zero-order valence-electron chi connectivity index (χ0n) is 10.6. The molecule has 0 atom stereocenters. The molecule has 0 saturated heterocycles. The third kappa shape index (κ3) is 3.00. The number of phenols is 1. The van der Waals surface area contributed by atoms with E-state index in [0.29, 0.717) is 5.69 Å². The molecule has 0 spiro atoms. The molecule has 0 fully saturated rings. The molecule has 4 nitrogen and oxygen atoms in total. The fourth-order valence-electron chi connectivity index (χ4n) is 1.85. The molecule has 0 radical (unpaired) electrons. The normalized spacial score (nSPS) is 10.2. The Balaban J connectivity index is 2.42. The van der Waals surface area contributed by atoms with Crippen molar-refractivity contribution in [2.75, 3.05) is 11.4 Å². The van der Waals surface area contributed by atoms with Crippen LogP contribution in [0.2, 0.25) is 0 Å². The fourth-order valence-corrected chi connectivity index (χ4v) is 1.96. The predicted molar refractivity (Wildman–Crippen MR) is 80.9 cm³/mol. The van der Waals surface area contributed by atoms with Gasteiger partial charge in [0.2, 0.25) is 0 Å². The molecule has 0 saturated carbocycles. The van der Waals surface area contributed by atoms with E-state index in [0.717, 1.165) is 18.1 Å². The van der Waals surface area contributed by atoms with Crippen LogP contribution >= 0.6 is 12.2 Å². The van der Waals surface area contributed by atoms with E-state index in [4.69, 9.17) is 18.0 Å². The summed E-state index contributed by atoms with van der Waals surface area (Å²) < 4.78 is 0. The molecule has 0 unspecified atom stereocenters. The maximum Gasteiger partial charge on any atom is 0.133 e. The van der Waals surface area contributed by atoms with Crippen LogP contribution in [0.3, 0.4) is 0 Å². The number of phenolic OH excluding ortho intramolecular Hbond substituents is 1. The number of aromatic hydroxyl groups is 1. The number of hydrogen-bond acceptors (Lipinski definition) is 4. The van der Waals surface area contributed by atoms with Gasteiger partial charge in [-0.05, 0) is 31.2 Å². The molecule has 1 aromatic heterocycles. The summed E-state index contributed by atoms with van der Waals surface area (Å²) in [5, 5.41) is 9.56. The fraction of sp³-hybridized carbons (Fsp3) is 0.143. The summed E-state index contributed by atoms with van der Waals surface area (Å²) in [5.74, 6) is 0.972. The summed E-state index contributed by atoms with van der Waals surface area (Å²) >= 11 is 4.94. The largest absolute Gasteiger partial charge is 0.508 e. The molecule has 5 heteroatoms. The number of benzene rings is 1. The molecule has 0 bridgehead atoms. The molecule has 0 aliphatic heterocycles. The van der Waals surface area contributed by atoms with Gasteiger partial charge < -0.3 is 15.7 Å². The average Bonchev–Trinajstić information content (AvgIpc) is 2.40. The molecule has 19 heavy (non-hydrogen) atoms. The smallest absolute Gasteiger partial charge is 0.133 e. The number of anilines is 2. The molecular weight excluding hydrogens is 258 g/mol. The first kappa shape index (κ1) is 13.3. The van der Waals surface area contributed by atoms with Gasteiger partial charge in [0.1, 0.15) is 16.6 Å². The Kier molecular flexibility index (Phi) is 3.97. The van der Waals surface area contributed by atoms with Gasteiger partial charge in [0.25, 0.3) is 0 Å². The van der Waals surface area contributed by atoms with E-state index in [1.54, 1.807) is 24.3 Å². The van der Waals surface area contributed by atoms with Gasteiger partial charge in [-0.1, -0.05) is 24.4 Å². The molecule has 1 aromatic carbocycles. The van der Waals surface area contributed by atoms with Crippen molar-refractivity contribution in [3.63, 3.8) is 0 Å². The van der Waals surface area contributed by atoms with Crippen LogP contribution in [0.15, 0.2) is 42.5 Å². The first-order valence-electron chi connectivity index (χ1n) is 5.95. The predicted octanol–water partition coefficient (Wildman–Crippen LogP) is 2.58. The molecule has 0 aliphatic carbocycles. The van der Waals surface area contributed by atoms with Crippen LogP contribution in [0.5, 0.6) is 5.75 Å². The Labute approximate surface area is 117 Å². The van der Waals surface area contributed by atoms with Crippen LogP contribution in [0, 0.1) is 0 Å². The molecule has 1 heterocycles. The van der Waals surface area contributed by atoms with E-state index < -0.39 is 0 Å². The van der Waals surface area contributed by atoms with Crippen LogP contribution in [0.1, 0.15) is 12.6 Å². The lowest BCUT2D eigenvalue weighted by molar-refractivity contribution is 0.475. The molecule has 3 N–H and O–H groups in total. The maximum atomic E-state index is 9.56. The standard InChI is InChI=1S/C14H15N3OS/c1-2-17(10-5-3-6-11(18)9-10)13-8-4-7-12(16-13)14(15)19/h3-9,18H,2H2,1H3,(H2,15,19). The lowest BCUT2D eigenvalue weighted by atomic mass is 10.2. The van der Waals surface area contributed by atoms with Crippen LogP contribution in [-0.2, 0) is 0 Å². The second-order valence-corrected chi connectivity index (χ2v) is 4.45. The van der Waals surface area contributed by atoms with Gasteiger partial charge >= 0.3 is 0 Å². The number of nitrogens with zero attached hydrogens (tertiary/aromatic N) is 2. The summed E-state index contributed by atoms with van der Waals surface area (Å²) in [4.78, 5) is 6.67. The van der Waals surface area contributed by atoms with Crippen molar-refractivity contribution in [3.05, 3.63) is 48.2 Å². The molecule has 98 valence electrons. The third-order valence-corrected chi connectivity index (χ3v) is 2.93. The summed E-state index contributed by atoms with van der Waals surface area (Å²) in [5.41, 5.74) is 7.06. The number of hydrogen-bond donors (Lipinski definition) is 2. The Morgan fingerprint density at radius 3 is 2.68 bits per heavy atom. The highest BCUT2D eigenvalue weighted by molar-refractivity contribution is 7.80. The number of thiocarbonyl (C=S) groups is 1. The van der Waals surface area contributed by atoms with E-state index in [9.17, 15) is 5.11 Å². The van der Waals surface area contributed by atoms with E-state index >= 15 is 0 Å². The molecular formula is C14H15N3OS. The van der Waals surface area contributed by atoms with Crippen LogP contribution in [0.25, 0.3) is 0 Å². The maximum absolute atomic E-state index is 9.56. The van der Waals surface area contributed by atoms with E-state index in [1.807, 2.05) is 30.0 Å². The molecule has 0 amide bonds. The van der Waals surface area contributed by atoms with Crippen molar-refractivity contribution in [2.24, 2.45) is 5.73 Å². The van der Waals surface area contributed by atoms with Crippen molar-refractivity contribution >= 4 is 28.7 Å². The Morgan fingerprint density at radius 1 is 1.32 bits per heavy atom. The number of rotatable bonds is 4. The van der Waals surface area contributed by atoms with Crippen LogP contribution < -0.4 is 10.6 Å². The molecule has 2 rings (SSSR count). The number of pyridine rings is 1. The minimum absolute atomic E-state index is 0.224. The minimum Gasteiger partial charge on any atom is -0.508 e. The number of aromatic nitrogens is 1. The molecule has 0 aliphatic rings. The Bertz CT molecular complexity index is 601. The third-order valence-electron chi connectivity index (χ3n) is 2.72. The van der Waals surface area contributed by atoms with Crippen LogP contribution in [0.4, 0.5) is 11.5 Å². The average molecular weight is 273 g/mol. The highest BCUT2D eigenvalue weighted by Gasteiger charge is 2.10. The Morgan fingerprint density at radius 2 is 2.05 bits per heavy atom. The summed E-state index contributed by atoms with van der Waals surface area (Å²) in [6.07, 6.45) is 0. The van der Waals surface area contributed by atoms with E-state index in [2.05, 4.69) is 4.98 Å². The lowest BCUT2D eigenvalue weighted by Gasteiger charge is -2.22. The highest BCUT2D eigenvalue weighted by atomic mass is 32.1. The summed E-state index contributed by atoms with van der Waals surface area (Å²) in [6.45, 7) is 2.73. The van der Waals surface area contributed by atoms with Crippen molar-refractivity contribution in [3.8, 4) is 5.75 Å². The van der Waals surface area contributed by atoms with Gasteiger partial charge in [-0.25, -0.2) is 4.98 Å². The van der Waals surface area contributed by atoms with Crippen molar-refractivity contribution in [1.29, 1.82) is 0 Å². The van der Waals surface area contributed by atoms with Crippen molar-refractivity contribution < 1.29 is 5.11 Å². The van der Waals surface area contributed by atoms with Gasteiger partial charge in [0, 0.05) is 18.3 Å². The van der Waals surface area contributed by atoms with E-state index in [-0.39, 0.29) is 10.7 Å². The summed E-state index contributed by atoms with van der Waals surface area (Å²) in [6, 6.07) is 12.6. The van der Waals surface area contributed by atoms with Crippen molar-refractivity contribution in [2.45, 2.75) is 6.92 Å². The minimum atomic E-state index is 0.224. The number of nitrogens with two attached hydrogens (primary N) is 1. The summed E-state index contributed by atoms with van der Waals surface area (Å²) in [7, 11) is 0. The second kappa shape index (κ2) is 5.67. The first-order valence-corrected chi connectivity index (χ1v) is 6.36. The lowest BCUT2D eigenvalue weighted by Crippen LogP contribution is -2.19. The SMILES string of the molecule is CCN(c1cccc(O)c1)c1cccc(C(N)=S)n1. The Hall–Kier alpha value is -2.14. The van der Waals surface area contributed by atoms with Gasteiger partial charge in [0.05, 0.1) is 5.69 Å². The topological polar surface area (TPSA) is 62.4 Å². The van der Waals surface area contributed by atoms with Gasteiger partial charge in [-0.2, -0.15) is 0 Å². The van der Waals surface area contributed by atoms with E-state index in [1.165, 1.54) is 0 Å². The highest BCUT2D eigenvalue weighted by Crippen LogP contribution is 2.26. The van der Waals surface area contributed by atoms with Gasteiger partial charge in [0.15, 0.2) is 0 Å². The quantitative estimate of drug-likeness (QED) is 0.838. The molecule has 2 aromatic rings. The van der Waals surface area contributed by atoms with Crippen molar-refractivity contribution in [1.82, 2.24) is 4.98 Å². The second-order valence-electron chi connectivity index (χ2n) is 4.01. The van der Waals surface area contributed by atoms with Gasteiger partial charge in [-0.3, -0.25) is 0 Å². The zero-order chi connectivity index (χ0) is 13.8. The first-order chi connectivity index (χ1) is 9.11. The van der Waals surface area contributed by atoms with Crippen LogP contribution in [-0.4, -0.2) is 21.6 Å².